The molecule has 126 valence electrons. The molecule has 1 unspecified atom stereocenters. The van der Waals surface area contributed by atoms with Crippen molar-refractivity contribution >= 4 is 12.1 Å². The van der Waals surface area contributed by atoms with Gasteiger partial charge in [0.05, 0.1) is 12.0 Å². The van der Waals surface area contributed by atoms with E-state index in [0.717, 1.165) is 0 Å². The Morgan fingerprint density at radius 2 is 1.88 bits per heavy atom. The molecule has 0 saturated carbocycles. The van der Waals surface area contributed by atoms with Crippen LogP contribution in [-0.2, 0) is 9.53 Å². The minimum Gasteiger partial charge on any atom is -0.548 e. The van der Waals surface area contributed by atoms with Crippen molar-refractivity contribution < 1.29 is 49.0 Å². The molecule has 1 atom stereocenters. The van der Waals surface area contributed by atoms with Gasteiger partial charge in [-0.25, -0.2) is 4.79 Å². The number of hydrogen-bond acceptors (Lipinski definition) is 6. The normalized spacial score (nSPS) is 16.9. The molecule has 1 fully saturated rings. The minimum atomic E-state index is -1.16. The van der Waals surface area contributed by atoms with Gasteiger partial charge in [-0.05, 0) is 32.4 Å². The summed E-state index contributed by atoms with van der Waals surface area (Å²) >= 11 is 0. The SMILES string of the molecule is CC(C)(C)OC(=O)N1CCN(C(C(=O)[O-])c2cccnc2)CC1.[Na+]. The summed E-state index contributed by atoms with van der Waals surface area (Å²) in [6.07, 6.45) is 2.75. The molecule has 0 aromatic carbocycles. The maximum atomic E-state index is 12.0. The second kappa shape index (κ2) is 8.80. The molecule has 1 saturated heterocycles. The smallest absolute Gasteiger partial charge is 0.548 e. The second-order valence-electron chi connectivity index (χ2n) is 6.51. The molecule has 1 aliphatic rings. The molecule has 8 heteroatoms. The van der Waals surface area contributed by atoms with Crippen molar-refractivity contribution in [3.63, 3.8) is 0 Å². The Hall–Kier alpha value is -1.15. The van der Waals surface area contributed by atoms with Crippen LogP contribution in [0.5, 0.6) is 0 Å². The van der Waals surface area contributed by atoms with Gasteiger partial charge in [0, 0.05) is 38.6 Å². The van der Waals surface area contributed by atoms with Crippen LogP contribution in [0, 0.1) is 0 Å². The van der Waals surface area contributed by atoms with Crippen LogP contribution < -0.4 is 34.7 Å². The molecule has 1 aromatic rings. The first-order chi connectivity index (χ1) is 10.8. The second-order valence-corrected chi connectivity index (χ2v) is 6.51. The van der Waals surface area contributed by atoms with E-state index in [1.807, 2.05) is 20.8 Å². The molecule has 7 nitrogen and oxygen atoms in total. The number of carboxylic acid groups (broad SMARTS) is 1. The molecule has 0 N–H and O–H groups in total. The summed E-state index contributed by atoms with van der Waals surface area (Å²) in [5.74, 6) is -1.16. The van der Waals surface area contributed by atoms with E-state index in [-0.39, 0.29) is 35.7 Å². The van der Waals surface area contributed by atoms with Crippen LogP contribution >= 0.6 is 0 Å². The predicted octanol–water partition coefficient (Wildman–Crippen LogP) is -2.57. The van der Waals surface area contributed by atoms with Gasteiger partial charge in [0.25, 0.3) is 0 Å². The van der Waals surface area contributed by atoms with Crippen LogP contribution in [0.3, 0.4) is 0 Å². The number of hydrogen-bond donors (Lipinski definition) is 0. The Kier molecular flexibility index (Phi) is 7.66. The molecule has 0 spiro atoms. The Labute approximate surface area is 164 Å². The molecular formula is C16H22N3NaO4. The van der Waals surface area contributed by atoms with Gasteiger partial charge in [-0.15, -0.1) is 0 Å². The largest absolute Gasteiger partial charge is 1.00 e. The molecule has 24 heavy (non-hydrogen) atoms. The van der Waals surface area contributed by atoms with Crippen LogP contribution in [0.1, 0.15) is 32.4 Å². The third-order valence-electron chi connectivity index (χ3n) is 3.55. The summed E-state index contributed by atoms with van der Waals surface area (Å²) in [5.41, 5.74) is 0.0375. The van der Waals surface area contributed by atoms with E-state index >= 15 is 0 Å². The Morgan fingerprint density at radius 1 is 1.25 bits per heavy atom. The average Bonchev–Trinajstić information content (AvgIpc) is 2.47. The molecule has 1 amide bonds. The number of nitrogens with zero attached hydrogens (tertiary/aromatic N) is 3. The van der Waals surface area contributed by atoms with E-state index < -0.39 is 17.6 Å². The number of carbonyl (C=O) groups is 2. The van der Waals surface area contributed by atoms with Crippen molar-refractivity contribution in [2.75, 3.05) is 26.2 Å². The first-order valence-electron chi connectivity index (χ1n) is 7.61. The number of carboxylic acids is 1. The Balaban J connectivity index is 0.00000288. The summed E-state index contributed by atoms with van der Waals surface area (Å²) in [4.78, 5) is 30.9. The van der Waals surface area contributed by atoms with E-state index in [1.165, 1.54) is 6.20 Å². The molecular weight excluding hydrogens is 321 g/mol. The number of carbonyl (C=O) groups excluding carboxylic acids is 2. The molecule has 2 heterocycles. The summed E-state index contributed by atoms with van der Waals surface area (Å²) in [5, 5.41) is 11.5. The fraction of sp³-hybridized carbons (Fsp3) is 0.562. The van der Waals surface area contributed by atoms with E-state index in [1.54, 1.807) is 28.1 Å². The van der Waals surface area contributed by atoms with E-state index in [2.05, 4.69) is 4.98 Å². The van der Waals surface area contributed by atoms with Gasteiger partial charge < -0.3 is 19.5 Å². The van der Waals surface area contributed by atoms with Crippen molar-refractivity contribution in [1.29, 1.82) is 0 Å². The zero-order valence-corrected chi connectivity index (χ0v) is 16.7. The van der Waals surface area contributed by atoms with E-state index in [0.29, 0.717) is 31.7 Å². The third kappa shape index (κ3) is 5.73. The summed E-state index contributed by atoms with van der Waals surface area (Å²) < 4.78 is 5.33. The predicted molar refractivity (Wildman–Crippen MR) is 81.4 cm³/mol. The minimum absolute atomic E-state index is 0. The maximum absolute atomic E-state index is 12.0. The molecule has 1 aromatic heterocycles. The van der Waals surface area contributed by atoms with Crippen molar-refractivity contribution in [2.24, 2.45) is 0 Å². The summed E-state index contributed by atoms with van der Waals surface area (Å²) in [6, 6.07) is 2.56. The van der Waals surface area contributed by atoms with Crippen LogP contribution in [0.25, 0.3) is 0 Å². The number of aliphatic carboxylic acids is 1. The first-order valence-corrected chi connectivity index (χ1v) is 7.61. The van der Waals surface area contributed by atoms with Crippen LogP contribution in [0.15, 0.2) is 24.5 Å². The van der Waals surface area contributed by atoms with Crippen molar-refractivity contribution in [2.45, 2.75) is 32.4 Å². The van der Waals surface area contributed by atoms with Crippen molar-refractivity contribution in [3.8, 4) is 0 Å². The topological polar surface area (TPSA) is 85.8 Å². The summed E-state index contributed by atoms with van der Waals surface area (Å²) in [7, 11) is 0. The zero-order valence-electron chi connectivity index (χ0n) is 14.7. The quantitative estimate of drug-likeness (QED) is 0.561. The van der Waals surface area contributed by atoms with Gasteiger partial charge in [0.2, 0.25) is 0 Å². The molecule has 0 aliphatic carbocycles. The number of amides is 1. The first kappa shape index (κ1) is 20.9. The Morgan fingerprint density at radius 3 is 2.33 bits per heavy atom. The Bertz CT molecular complexity index is 554. The van der Waals surface area contributed by atoms with Gasteiger partial charge in [0.15, 0.2) is 0 Å². The van der Waals surface area contributed by atoms with Gasteiger partial charge in [-0.3, -0.25) is 9.88 Å². The zero-order chi connectivity index (χ0) is 17.0. The average molecular weight is 343 g/mol. The standard InChI is InChI=1S/C16H23N3O4.Na/c1-16(2,3)23-15(22)19-9-7-18(8-10-19)13(14(20)21)12-5-4-6-17-11-12;/h4-6,11,13H,7-10H2,1-3H3,(H,20,21);/q;+1/p-1. The number of pyridine rings is 1. The van der Waals surface area contributed by atoms with Crippen LogP contribution in [0.4, 0.5) is 4.79 Å². The van der Waals surface area contributed by atoms with Gasteiger partial charge >= 0.3 is 35.7 Å². The van der Waals surface area contributed by atoms with Gasteiger partial charge in [-0.2, -0.15) is 0 Å². The molecule has 1 aliphatic heterocycles. The monoisotopic (exact) mass is 343 g/mol. The van der Waals surface area contributed by atoms with Crippen molar-refractivity contribution in [1.82, 2.24) is 14.8 Å². The van der Waals surface area contributed by atoms with E-state index in [9.17, 15) is 14.7 Å². The maximum Gasteiger partial charge on any atom is 1.00 e. The third-order valence-corrected chi connectivity index (χ3v) is 3.55. The fourth-order valence-electron chi connectivity index (χ4n) is 2.52. The van der Waals surface area contributed by atoms with Crippen LogP contribution in [0.2, 0.25) is 0 Å². The molecule has 2 rings (SSSR count). The molecule has 0 radical (unpaired) electrons. The van der Waals surface area contributed by atoms with Gasteiger partial charge in [-0.1, -0.05) is 6.07 Å². The number of rotatable bonds is 3. The number of aromatic nitrogens is 1. The fourth-order valence-corrected chi connectivity index (χ4v) is 2.52. The van der Waals surface area contributed by atoms with Crippen LogP contribution in [-0.4, -0.2) is 58.6 Å². The summed E-state index contributed by atoms with van der Waals surface area (Å²) in [6.45, 7) is 7.15. The number of piperazine rings is 1. The van der Waals surface area contributed by atoms with Crippen molar-refractivity contribution in [3.05, 3.63) is 30.1 Å². The molecule has 0 bridgehead atoms. The van der Waals surface area contributed by atoms with E-state index in [4.69, 9.17) is 4.74 Å². The van der Waals surface area contributed by atoms with Gasteiger partial charge in [0.1, 0.15) is 5.60 Å². The number of ether oxygens (including phenoxy) is 1.